The van der Waals surface area contributed by atoms with Gasteiger partial charge in [0, 0.05) is 13.3 Å². The van der Waals surface area contributed by atoms with Crippen molar-refractivity contribution in [2.45, 2.75) is 13.3 Å². The number of aromatic nitrogens is 2. The molecule has 1 aliphatic heterocycles. The molecule has 0 aromatic carbocycles. The van der Waals surface area contributed by atoms with Gasteiger partial charge < -0.3 is 9.15 Å². The lowest BCUT2D eigenvalue weighted by atomic mass is 10.3. The Balaban J connectivity index is 2.17. The number of ether oxygens (including phenoxy) is 1. The van der Waals surface area contributed by atoms with Crippen molar-refractivity contribution in [3.63, 3.8) is 0 Å². The Hall–Kier alpha value is -1.32. The van der Waals surface area contributed by atoms with Crippen LogP contribution in [0.4, 0.5) is 0 Å². The highest BCUT2D eigenvalue weighted by Crippen LogP contribution is 2.23. The second-order valence-electron chi connectivity index (χ2n) is 2.24. The monoisotopic (exact) mass is 151 g/mol. The van der Waals surface area contributed by atoms with E-state index in [1.54, 1.807) is 13.2 Å². The van der Waals surface area contributed by atoms with Gasteiger partial charge in [0.25, 0.3) is 5.89 Å². The third-order valence-corrected chi connectivity index (χ3v) is 1.37. The number of rotatable bonds is 1. The highest BCUT2D eigenvalue weighted by Gasteiger charge is 2.21. The van der Waals surface area contributed by atoms with Gasteiger partial charge in [-0.2, -0.15) is 0 Å². The van der Waals surface area contributed by atoms with E-state index in [1.807, 2.05) is 6.08 Å². The van der Waals surface area contributed by atoms with Gasteiger partial charge in [0.1, 0.15) is 0 Å². The average molecular weight is 151 g/mol. The molecule has 1 aliphatic rings. The Labute approximate surface area is 63.9 Å². The van der Waals surface area contributed by atoms with E-state index in [2.05, 4.69) is 10.2 Å². The van der Waals surface area contributed by atoms with E-state index in [0.717, 1.165) is 12.5 Å². The zero-order valence-electron chi connectivity index (χ0n) is 6.07. The van der Waals surface area contributed by atoms with Crippen molar-refractivity contribution < 1.29 is 9.15 Å². The maximum Gasteiger partial charge on any atom is 0.265 e. The predicted octanol–water partition coefficient (Wildman–Crippen LogP) is 1.19. The molecule has 1 aromatic heterocycles. The van der Waals surface area contributed by atoms with Crippen LogP contribution in [0.5, 0.6) is 0 Å². The molecule has 57 valence electrons. The summed E-state index contributed by atoms with van der Waals surface area (Å²) in [6.07, 6.45) is 4.98. The van der Waals surface area contributed by atoms with Gasteiger partial charge in [-0.25, -0.2) is 0 Å². The summed E-state index contributed by atoms with van der Waals surface area (Å²) in [6, 6.07) is 0. The van der Waals surface area contributed by atoms with Gasteiger partial charge in [-0.05, 0) is 6.08 Å². The summed E-state index contributed by atoms with van der Waals surface area (Å²) < 4.78 is 10.2. The number of aryl methyl sites for hydroxylation is 1. The lowest BCUT2D eigenvalue weighted by Crippen LogP contribution is -1.96. The molecule has 1 aromatic rings. The summed E-state index contributed by atoms with van der Waals surface area (Å²) in [5.74, 6) is 1.04. The molecule has 0 spiro atoms. The van der Waals surface area contributed by atoms with Crippen LogP contribution in [-0.4, -0.2) is 10.2 Å². The van der Waals surface area contributed by atoms with Gasteiger partial charge in [-0.3, -0.25) is 0 Å². The van der Waals surface area contributed by atoms with E-state index in [1.165, 1.54) is 0 Å². The molecular formula is C7H7N2O2. The van der Waals surface area contributed by atoms with E-state index in [0.29, 0.717) is 11.8 Å². The quantitative estimate of drug-likeness (QED) is 0.604. The van der Waals surface area contributed by atoms with Gasteiger partial charge in [0.15, 0.2) is 0 Å². The molecule has 11 heavy (non-hydrogen) atoms. The van der Waals surface area contributed by atoms with Crippen molar-refractivity contribution in [1.82, 2.24) is 10.2 Å². The Morgan fingerprint density at radius 3 is 2.91 bits per heavy atom. The van der Waals surface area contributed by atoms with Gasteiger partial charge in [0.2, 0.25) is 12.0 Å². The first-order valence-electron chi connectivity index (χ1n) is 3.34. The van der Waals surface area contributed by atoms with Crippen LogP contribution in [0.25, 0.3) is 0 Å². The molecule has 0 saturated heterocycles. The van der Waals surface area contributed by atoms with Crippen LogP contribution < -0.4 is 0 Å². The van der Waals surface area contributed by atoms with Crippen LogP contribution in [0.2, 0.25) is 0 Å². The maximum atomic E-state index is 5.14. The molecule has 0 amide bonds. The normalized spacial score (nSPS) is 17.2. The minimum Gasteiger partial charge on any atom is -0.480 e. The fourth-order valence-corrected chi connectivity index (χ4v) is 0.880. The number of hydrogen-bond acceptors (Lipinski definition) is 4. The zero-order chi connectivity index (χ0) is 7.68. The summed E-state index contributed by atoms with van der Waals surface area (Å²) in [6.45, 7) is 1.75. The number of hydrogen-bond donors (Lipinski definition) is 0. The average Bonchev–Trinajstić information content (AvgIpc) is 2.55. The summed E-state index contributed by atoms with van der Waals surface area (Å²) in [4.78, 5) is 0. The summed E-state index contributed by atoms with van der Waals surface area (Å²) in [5, 5.41) is 7.49. The lowest BCUT2D eigenvalue weighted by Gasteiger charge is -2.00. The molecule has 0 atom stereocenters. The summed E-state index contributed by atoms with van der Waals surface area (Å²) >= 11 is 0. The largest absolute Gasteiger partial charge is 0.480 e. The Bertz CT molecular complexity index is 272. The maximum absolute atomic E-state index is 5.14. The molecule has 0 saturated carbocycles. The third-order valence-electron chi connectivity index (χ3n) is 1.37. The number of nitrogens with zero attached hydrogens (tertiary/aromatic N) is 2. The Morgan fingerprint density at radius 2 is 2.36 bits per heavy atom. The van der Waals surface area contributed by atoms with E-state index >= 15 is 0 Å². The predicted molar refractivity (Wildman–Crippen MR) is 36.2 cm³/mol. The Kier molecular flexibility index (Phi) is 1.38. The molecule has 1 radical (unpaired) electrons. The van der Waals surface area contributed by atoms with Crippen LogP contribution in [0.3, 0.4) is 0 Å². The highest BCUT2D eigenvalue weighted by molar-refractivity contribution is 5.12. The first kappa shape index (κ1) is 6.39. The van der Waals surface area contributed by atoms with Crippen LogP contribution in [0, 0.1) is 13.0 Å². The van der Waals surface area contributed by atoms with E-state index in [-0.39, 0.29) is 0 Å². The van der Waals surface area contributed by atoms with E-state index < -0.39 is 0 Å². The minimum atomic E-state index is 0.479. The molecule has 2 rings (SSSR count). The molecule has 4 heteroatoms. The summed E-state index contributed by atoms with van der Waals surface area (Å²) in [5.41, 5.74) is 0. The second-order valence-corrected chi connectivity index (χ2v) is 2.24. The van der Waals surface area contributed by atoms with Gasteiger partial charge >= 0.3 is 0 Å². The molecule has 0 N–H and O–H groups in total. The van der Waals surface area contributed by atoms with Gasteiger partial charge in [-0.1, -0.05) is 0 Å². The molecule has 4 nitrogen and oxygen atoms in total. The minimum absolute atomic E-state index is 0.479. The van der Waals surface area contributed by atoms with Crippen LogP contribution in [-0.2, 0) is 4.74 Å². The van der Waals surface area contributed by atoms with Crippen molar-refractivity contribution in [2.75, 3.05) is 0 Å². The Morgan fingerprint density at radius 1 is 1.45 bits per heavy atom. The van der Waals surface area contributed by atoms with E-state index in [9.17, 15) is 0 Å². The van der Waals surface area contributed by atoms with Crippen molar-refractivity contribution in [1.29, 1.82) is 0 Å². The van der Waals surface area contributed by atoms with Crippen molar-refractivity contribution in [2.24, 2.45) is 0 Å². The van der Waals surface area contributed by atoms with Crippen LogP contribution in [0.15, 0.2) is 16.8 Å². The third kappa shape index (κ3) is 1.11. The lowest BCUT2D eigenvalue weighted by molar-refractivity contribution is 0.266. The topological polar surface area (TPSA) is 48.2 Å². The summed E-state index contributed by atoms with van der Waals surface area (Å²) in [7, 11) is 0. The molecule has 0 fully saturated rings. The van der Waals surface area contributed by atoms with Crippen molar-refractivity contribution >= 4 is 0 Å². The fraction of sp³-hybridized carbons (Fsp3) is 0.286. The second kappa shape index (κ2) is 2.38. The van der Waals surface area contributed by atoms with E-state index in [4.69, 9.17) is 9.15 Å². The molecule has 0 unspecified atom stereocenters. The van der Waals surface area contributed by atoms with Gasteiger partial charge in [0.05, 0.1) is 6.26 Å². The fourth-order valence-electron chi connectivity index (χ4n) is 0.880. The van der Waals surface area contributed by atoms with Crippen LogP contribution >= 0.6 is 0 Å². The van der Waals surface area contributed by atoms with Gasteiger partial charge in [-0.15, -0.1) is 10.2 Å². The molecular weight excluding hydrogens is 144 g/mol. The first-order valence-corrected chi connectivity index (χ1v) is 3.34. The highest BCUT2D eigenvalue weighted by atomic mass is 16.5. The molecule has 0 bridgehead atoms. The molecule has 0 aliphatic carbocycles. The standard InChI is InChI=1S/C7H7N2O2/c1-5-8-9-7(11-5)6-3-2-4-10-6/h2,4H,3H2,1H3. The zero-order valence-corrected chi connectivity index (χ0v) is 6.07. The smallest absolute Gasteiger partial charge is 0.265 e. The van der Waals surface area contributed by atoms with Crippen molar-refractivity contribution in [3.05, 3.63) is 30.2 Å². The van der Waals surface area contributed by atoms with Crippen LogP contribution in [0.1, 0.15) is 18.2 Å². The molecule has 2 heterocycles. The first-order chi connectivity index (χ1) is 5.36. The van der Waals surface area contributed by atoms with Crippen molar-refractivity contribution in [3.8, 4) is 0 Å². The SMILES string of the molecule is Cc1nnc([C]2CC=CO2)o1.